The molecule has 0 spiro atoms. The van der Waals surface area contributed by atoms with Gasteiger partial charge in [0, 0.05) is 24.9 Å². The molecule has 0 unspecified atom stereocenters. The average molecular weight is 260 g/mol. The number of hydrogen-bond donors (Lipinski definition) is 1. The van der Waals surface area contributed by atoms with Crippen molar-refractivity contribution in [2.24, 2.45) is 0 Å². The van der Waals surface area contributed by atoms with E-state index < -0.39 is 4.92 Å². The smallest absolute Gasteiger partial charge is 0.275 e. The van der Waals surface area contributed by atoms with Gasteiger partial charge in [-0.05, 0) is 6.07 Å². The quantitative estimate of drug-likeness (QED) is 0.668. The van der Waals surface area contributed by atoms with Crippen molar-refractivity contribution in [1.82, 2.24) is 9.97 Å². The monoisotopic (exact) mass is 260 g/mol. The van der Waals surface area contributed by atoms with Crippen molar-refractivity contribution in [3.8, 4) is 17.0 Å². The highest BCUT2D eigenvalue weighted by Gasteiger charge is 2.12. The summed E-state index contributed by atoms with van der Waals surface area (Å²) in [4.78, 5) is 18.7. The molecule has 0 aliphatic heterocycles. The lowest BCUT2D eigenvalue weighted by Gasteiger charge is -2.06. The van der Waals surface area contributed by atoms with E-state index in [1.807, 2.05) is 0 Å². The number of ether oxygens (including phenoxy) is 1. The minimum Gasteiger partial charge on any atom is -0.495 e. The number of methoxy groups -OCH3 is 1. The van der Waals surface area contributed by atoms with Crippen LogP contribution in [0.5, 0.6) is 5.75 Å². The first kappa shape index (κ1) is 12.7. The third-order valence-corrected chi connectivity index (χ3v) is 2.52. The molecule has 0 aliphatic carbocycles. The predicted octanol–water partition coefficient (Wildman–Crippen LogP) is 2.10. The molecule has 0 amide bonds. The summed E-state index contributed by atoms with van der Waals surface area (Å²) in [5.74, 6) is 0.990. The lowest BCUT2D eigenvalue weighted by molar-refractivity contribution is -0.384. The van der Waals surface area contributed by atoms with E-state index in [9.17, 15) is 10.1 Å². The minimum absolute atomic E-state index is 0.0304. The van der Waals surface area contributed by atoms with Crippen LogP contribution in [0, 0.1) is 10.1 Å². The maximum Gasteiger partial charge on any atom is 0.275 e. The first-order chi connectivity index (χ1) is 9.13. The fourth-order valence-electron chi connectivity index (χ4n) is 1.57. The Morgan fingerprint density at radius 2 is 2.11 bits per heavy atom. The van der Waals surface area contributed by atoms with Crippen molar-refractivity contribution in [3.63, 3.8) is 0 Å². The second kappa shape index (κ2) is 5.30. The molecule has 0 saturated carbocycles. The van der Waals surface area contributed by atoms with Gasteiger partial charge in [-0.2, -0.15) is 0 Å². The Bertz CT molecular complexity index is 616. The van der Waals surface area contributed by atoms with Crippen LogP contribution in [0.2, 0.25) is 0 Å². The standard InChI is InChI=1S/C12H12N4O3/c1-13-12-5-9(16(17)18)4-11(15-12)8-3-10(19-2)7-14-6-8/h3-7H,1-2H3,(H,13,15). The molecule has 1 N–H and O–H groups in total. The highest BCUT2D eigenvalue weighted by atomic mass is 16.6. The van der Waals surface area contributed by atoms with Crippen LogP contribution in [-0.4, -0.2) is 29.0 Å². The van der Waals surface area contributed by atoms with Crippen LogP contribution >= 0.6 is 0 Å². The van der Waals surface area contributed by atoms with Gasteiger partial charge in [0.05, 0.1) is 30.0 Å². The van der Waals surface area contributed by atoms with Crippen LogP contribution in [0.3, 0.4) is 0 Å². The van der Waals surface area contributed by atoms with E-state index in [0.29, 0.717) is 22.8 Å². The second-order valence-corrected chi connectivity index (χ2v) is 3.72. The molecule has 0 atom stereocenters. The fraction of sp³-hybridized carbons (Fsp3) is 0.167. The maximum absolute atomic E-state index is 10.9. The molecule has 98 valence electrons. The molecule has 0 saturated heterocycles. The van der Waals surface area contributed by atoms with Gasteiger partial charge < -0.3 is 10.1 Å². The van der Waals surface area contributed by atoms with Crippen LogP contribution in [-0.2, 0) is 0 Å². The van der Waals surface area contributed by atoms with E-state index in [1.165, 1.54) is 19.2 Å². The molecule has 19 heavy (non-hydrogen) atoms. The third kappa shape index (κ3) is 2.76. The number of nitrogens with zero attached hydrogens (tertiary/aromatic N) is 3. The van der Waals surface area contributed by atoms with Crippen LogP contribution in [0.1, 0.15) is 0 Å². The number of hydrogen-bond acceptors (Lipinski definition) is 6. The van der Waals surface area contributed by atoms with Crippen molar-refractivity contribution in [2.45, 2.75) is 0 Å². The van der Waals surface area contributed by atoms with E-state index >= 15 is 0 Å². The molecule has 0 aromatic carbocycles. The van der Waals surface area contributed by atoms with Gasteiger partial charge in [-0.25, -0.2) is 4.98 Å². The summed E-state index contributed by atoms with van der Waals surface area (Å²) in [7, 11) is 3.18. The maximum atomic E-state index is 10.9. The van der Waals surface area contributed by atoms with Crippen LogP contribution in [0.15, 0.2) is 30.6 Å². The fourth-order valence-corrected chi connectivity index (χ4v) is 1.57. The number of anilines is 1. The largest absolute Gasteiger partial charge is 0.495 e. The molecule has 7 nitrogen and oxygen atoms in total. The molecule has 2 heterocycles. The summed E-state index contributed by atoms with van der Waals surface area (Å²) in [6.45, 7) is 0. The van der Waals surface area contributed by atoms with E-state index in [-0.39, 0.29) is 5.69 Å². The van der Waals surface area contributed by atoms with Gasteiger partial charge in [0.25, 0.3) is 5.69 Å². The molecule has 0 fully saturated rings. The van der Waals surface area contributed by atoms with E-state index in [1.54, 1.807) is 25.5 Å². The molecular weight excluding hydrogens is 248 g/mol. The molecular formula is C12H12N4O3. The highest BCUT2D eigenvalue weighted by molar-refractivity contribution is 5.65. The lowest BCUT2D eigenvalue weighted by Crippen LogP contribution is -1.98. The van der Waals surface area contributed by atoms with Gasteiger partial charge in [-0.1, -0.05) is 0 Å². The molecule has 7 heteroatoms. The Labute approximate surface area is 109 Å². The number of pyridine rings is 2. The van der Waals surface area contributed by atoms with Crippen LogP contribution < -0.4 is 10.1 Å². The second-order valence-electron chi connectivity index (χ2n) is 3.72. The van der Waals surface area contributed by atoms with Gasteiger partial charge in [0.2, 0.25) is 0 Å². The van der Waals surface area contributed by atoms with Crippen molar-refractivity contribution in [3.05, 3.63) is 40.7 Å². The van der Waals surface area contributed by atoms with E-state index in [2.05, 4.69) is 15.3 Å². The van der Waals surface area contributed by atoms with Crippen molar-refractivity contribution in [1.29, 1.82) is 0 Å². The van der Waals surface area contributed by atoms with Gasteiger partial charge in [-0.3, -0.25) is 15.1 Å². The molecule has 2 aromatic heterocycles. The average Bonchev–Trinajstić information content (AvgIpc) is 2.46. The SMILES string of the molecule is CNc1cc([N+](=O)[O-])cc(-c2cncc(OC)c2)n1. The number of nitro groups is 1. The van der Waals surface area contributed by atoms with Crippen molar-refractivity contribution in [2.75, 3.05) is 19.5 Å². The third-order valence-electron chi connectivity index (χ3n) is 2.52. The Hall–Kier alpha value is -2.70. The van der Waals surface area contributed by atoms with Crippen molar-refractivity contribution >= 4 is 11.5 Å². The zero-order valence-electron chi connectivity index (χ0n) is 10.5. The van der Waals surface area contributed by atoms with Gasteiger partial charge in [0.15, 0.2) is 0 Å². The summed E-state index contributed by atoms with van der Waals surface area (Å²) >= 11 is 0. The Morgan fingerprint density at radius 1 is 1.32 bits per heavy atom. The summed E-state index contributed by atoms with van der Waals surface area (Å²) < 4.78 is 5.07. The topological polar surface area (TPSA) is 90.2 Å². The Morgan fingerprint density at radius 3 is 2.74 bits per heavy atom. The Balaban J connectivity index is 2.53. The van der Waals surface area contributed by atoms with Crippen LogP contribution in [0.25, 0.3) is 11.3 Å². The zero-order valence-corrected chi connectivity index (χ0v) is 10.5. The normalized spacial score (nSPS) is 10.0. The van der Waals surface area contributed by atoms with Crippen LogP contribution in [0.4, 0.5) is 11.5 Å². The summed E-state index contributed by atoms with van der Waals surface area (Å²) in [5, 5.41) is 13.7. The van der Waals surface area contributed by atoms with E-state index in [4.69, 9.17) is 4.74 Å². The zero-order chi connectivity index (χ0) is 13.8. The number of nitrogens with one attached hydrogen (secondary N) is 1. The highest BCUT2D eigenvalue weighted by Crippen LogP contribution is 2.26. The molecule has 2 rings (SSSR count). The van der Waals surface area contributed by atoms with E-state index in [0.717, 1.165) is 0 Å². The predicted molar refractivity (Wildman–Crippen MR) is 70.2 cm³/mol. The molecule has 0 aliphatic rings. The van der Waals surface area contributed by atoms with Gasteiger partial charge >= 0.3 is 0 Å². The molecule has 0 bridgehead atoms. The molecule has 2 aromatic rings. The number of aromatic nitrogens is 2. The summed E-state index contributed by atoms with van der Waals surface area (Å²) in [6.07, 6.45) is 3.13. The minimum atomic E-state index is -0.459. The number of rotatable bonds is 4. The summed E-state index contributed by atoms with van der Waals surface area (Å²) in [5.41, 5.74) is 1.08. The van der Waals surface area contributed by atoms with Crippen molar-refractivity contribution < 1.29 is 9.66 Å². The van der Waals surface area contributed by atoms with Gasteiger partial charge in [0.1, 0.15) is 11.6 Å². The summed E-state index contributed by atoms with van der Waals surface area (Å²) in [6, 6.07) is 4.49. The molecule has 0 radical (unpaired) electrons. The first-order valence-electron chi connectivity index (χ1n) is 5.47. The van der Waals surface area contributed by atoms with Gasteiger partial charge in [-0.15, -0.1) is 0 Å². The lowest BCUT2D eigenvalue weighted by atomic mass is 10.1. The first-order valence-corrected chi connectivity index (χ1v) is 5.47. The Kier molecular flexibility index (Phi) is 3.56.